The molecule has 0 spiro atoms. The van der Waals surface area contributed by atoms with E-state index in [1.54, 1.807) is 6.92 Å². The number of carbonyl (C=O) groups is 1. The Hall–Kier alpha value is -1.39. The van der Waals surface area contributed by atoms with Crippen molar-refractivity contribution in [2.24, 2.45) is 5.92 Å². The third kappa shape index (κ3) is 2.65. The molecule has 104 valence electrons. The zero-order valence-corrected chi connectivity index (χ0v) is 11.3. The lowest BCUT2D eigenvalue weighted by Crippen LogP contribution is -2.38. The number of allylic oxidation sites excluding steroid dienone is 2. The molecule has 0 aromatic rings. The van der Waals surface area contributed by atoms with Gasteiger partial charge in [-0.15, -0.1) is 0 Å². The van der Waals surface area contributed by atoms with Crippen molar-refractivity contribution in [2.75, 3.05) is 0 Å². The standard InChI is InChI=1S/C15H20O4/c1-8-5-4-6-9(2)13(16)14(17)12-10(3)15(18)19-11(12)7-8/h6-7,11-14,16-17H,3-5H2,1-2H3/b8-7+,9-6+/t11-,12-,13+,14+/m0/s1. The molecule has 1 heterocycles. The minimum absolute atomic E-state index is 0.231. The summed E-state index contributed by atoms with van der Waals surface area (Å²) in [6.07, 6.45) is 2.80. The Morgan fingerprint density at radius 1 is 1.37 bits per heavy atom. The molecule has 0 aromatic carbocycles. The molecule has 4 nitrogen and oxygen atoms in total. The van der Waals surface area contributed by atoms with Crippen molar-refractivity contribution in [3.8, 4) is 0 Å². The second kappa shape index (κ2) is 5.31. The van der Waals surface area contributed by atoms with E-state index in [-0.39, 0.29) is 5.57 Å². The molecule has 2 aliphatic rings. The summed E-state index contributed by atoms with van der Waals surface area (Å²) in [6, 6.07) is 0. The summed E-state index contributed by atoms with van der Waals surface area (Å²) in [4.78, 5) is 11.6. The highest BCUT2D eigenvalue weighted by molar-refractivity contribution is 5.91. The van der Waals surface area contributed by atoms with E-state index in [9.17, 15) is 15.0 Å². The molecular weight excluding hydrogens is 244 g/mol. The Balaban J connectivity index is 2.39. The van der Waals surface area contributed by atoms with Crippen molar-refractivity contribution in [3.05, 3.63) is 35.5 Å². The maximum Gasteiger partial charge on any atom is 0.334 e. The molecular formula is C15H20O4. The quantitative estimate of drug-likeness (QED) is 0.395. The lowest BCUT2D eigenvalue weighted by molar-refractivity contribution is -0.137. The average Bonchev–Trinajstić information content (AvgIpc) is 2.62. The van der Waals surface area contributed by atoms with Crippen LogP contribution >= 0.6 is 0 Å². The van der Waals surface area contributed by atoms with Crippen molar-refractivity contribution in [2.45, 2.75) is 45.0 Å². The van der Waals surface area contributed by atoms with E-state index in [1.807, 2.05) is 19.1 Å². The number of hydrogen-bond acceptors (Lipinski definition) is 4. The third-order valence-corrected chi connectivity index (χ3v) is 3.87. The van der Waals surface area contributed by atoms with Crippen LogP contribution < -0.4 is 0 Å². The molecule has 0 radical (unpaired) electrons. The Bertz CT molecular complexity index is 461. The maximum atomic E-state index is 11.6. The summed E-state index contributed by atoms with van der Waals surface area (Å²) >= 11 is 0. The third-order valence-electron chi connectivity index (χ3n) is 3.87. The highest BCUT2D eigenvalue weighted by atomic mass is 16.6. The first kappa shape index (κ1) is 14.0. The lowest BCUT2D eigenvalue weighted by Gasteiger charge is -2.27. The second-order valence-corrected chi connectivity index (χ2v) is 5.36. The molecule has 0 aromatic heterocycles. The number of esters is 1. The predicted molar refractivity (Wildman–Crippen MR) is 71.3 cm³/mol. The van der Waals surface area contributed by atoms with Gasteiger partial charge in [0.25, 0.3) is 0 Å². The number of ether oxygens (including phenoxy) is 1. The van der Waals surface area contributed by atoms with Crippen LogP contribution in [0.15, 0.2) is 35.5 Å². The second-order valence-electron chi connectivity index (χ2n) is 5.36. The summed E-state index contributed by atoms with van der Waals surface area (Å²) in [5, 5.41) is 20.4. The van der Waals surface area contributed by atoms with Gasteiger partial charge in [0.05, 0.1) is 12.0 Å². The Kier molecular flexibility index (Phi) is 3.92. The largest absolute Gasteiger partial charge is 0.454 e. The highest BCUT2D eigenvalue weighted by Crippen LogP contribution is 2.34. The van der Waals surface area contributed by atoms with Crippen LogP contribution in [0.3, 0.4) is 0 Å². The summed E-state index contributed by atoms with van der Waals surface area (Å²) in [5.41, 5.74) is 2.05. The normalized spacial score (nSPS) is 41.7. The van der Waals surface area contributed by atoms with Crippen LogP contribution in [0.25, 0.3) is 0 Å². The first-order chi connectivity index (χ1) is 8.91. The van der Waals surface area contributed by atoms with E-state index >= 15 is 0 Å². The van der Waals surface area contributed by atoms with Crippen LogP contribution in [-0.2, 0) is 9.53 Å². The van der Waals surface area contributed by atoms with Gasteiger partial charge < -0.3 is 14.9 Å². The van der Waals surface area contributed by atoms with Gasteiger partial charge in [0.2, 0.25) is 0 Å². The van der Waals surface area contributed by atoms with Gasteiger partial charge in [0, 0.05) is 5.57 Å². The van der Waals surface area contributed by atoms with E-state index in [0.29, 0.717) is 5.57 Å². The van der Waals surface area contributed by atoms with Crippen LogP contribution in [0.5, 0.6) is 0 Å². The Morgan fingerprint density at radius 2 is 2.05 bits per heavy atom. The van der Waals surface area contributed by atoms with E-state index in [4.69, 9.17) is 4.74 Å². The van der Waals surface area contributed by atoms with Gasteiger partial charge in [-0.05, 0) is 38.3 Å². The summed E-state index contributed by atoms with van der Waals surface area (Å²) in [7, 11) is 0. The van der Waals surface area contributed by atoms with Gasteiger partial charge in [-0.25, -0.2) is 4.79 Å². The fraction of sp³-hybridized carbons (Fsp3) is 0.533. The summed E-state index contributed by atoms with van der Waals surface area (Å²) in [6.45, 7) is 7.44. The van der Waals surface area contributed by atoms with Gasteiger partial charge in [-0.3, -0.25) is 0 Å². The molecule has 1 aliphatic heterocycles. The molecule has 2 N–H and O–H groups in total. The van der Waals surface area contributed by atoms with Crippen LogP contribution in [0.2, 0.25) is 0 Å². The number of hydrogen-bond donors (Lipinski definition) is 2. The van der Waals surface area contributed by atoms with E-state index < -0.39 is 30.2 Å². The van der Waals surface area contributed by atoms with E-state index in [1.165, 1.54) is 0 Å². The SMILES string of the molecule is C=C1C(=O)O[C@H]2/C=C(\C)CC/C=C(\C)[C@@H](O)[C@H](O)[C@@H]12. The van der Waals surface area contributed by atoms with Crippen molar-refractivity contribution in [1.29, 1.82) is 0 Å². The molecule has 0 saturated carbocycles. The monoisotopic (exact) mass is 264 g/mol. The van der Waals surface area contributed by atoms with Crippen LogP contribution in [0.1, 0.15) is 26.7 Å². The van der Waals surface area contributed by atoms with Gasteiger partial charge in [-0.2, -0.15) is 0 Å². The molecule has 0 amide bonds. The first-order valence-electron chi connectivity index (χ1n) is 6.51. The molecule has 2 rings (SSSR count). The molecule has 4 heteroatoms. The number of fused-ring (bicyclic) bond motifs is 1. The average molecular weight is 264 g/mol. The van der Waals surface area contributed by atoms with Crippen molar-refractivity contribution in [1.82, 2.24) is 0 Å². The van der Waals surface area contributed by atoms with Crippen molar-refractivity contribution < 1.29 is 19.7 Å². The molecule has 0 bridgehead atoms. The molecule has 0 unspecified atom stereocenters. The predicted octanol–water partition coefficient (Wildman–Crippen LogP) is 1.49. The molecule has 1 aliphatic carbocycles. The number of aliphatic hydroxyl groups is 2. The zero-order chi connectivity index (χ0) is 14.2. The summed E-state index contributed by atoms with van der Waals surface area (Å²) in [5.74, 6) is -1.08. The van der Waals surface area contributed by atoms with Gasteiger partial charge in [0.1, 0.15) is 12.2 Å². The fourth-order valence-corrected chi connectivity index (χ4v) is 2.62. The van der Waals surface area contributed by atoms with Gasteiger partial charge in [0.15, 0.2) is 0 Å². The zero-order valence-electron chi connectivity index (χ0n) is 11.3. The van der Waals surface area contributed by atoms with Crippen LogP contribution in [-0.4, -0.2) is 34.5 Å². The van der Waals surface area contributed by atoms with Crippen LogP contribution in [0.4, 0.5) is 0 Å². The Morgan fingerprint density at radius 3 is 2.74 bits per heavy atom. The molecule has 19 heavy (non-hydrogen) atoms. The number of carbonyl (C=O) groups excluding carboxylic acids is 1. The smallest absolute Gasteiger partial charge is 0.334 e. The highest BCUT2D eigenvalue weighted by Gasteiger charge is 2.44. The fourth-order valence-electron chi connectivity index (χ4n) is 2.62. The lowest BCUT2D eigenvalue weighted by atomic mass is 9.84. The van der Waals surface area contributed by atoms with E-state index in [0.717, 1.165) is 18.4 Å². The Labute approximate surface area is 113 Å². The van der Waals surface area contributed by atoms with Crippen LogP contribution in [0, 0.1) is 5.92 Å². The summed E-state index contributed by atoms with van der Waals surface area (Å²) < 4.78 is 5.23. The minimum atomic E-state index is -1.08. The van der Waals surface area contributed by atoms with E-state index in [2.05, 4.69) is 6.58 Å². The minimum Gasteiger partial charge on any atom is -0.454 e. The topological polar surface area (TPSA) is 66.8 Å². The molecule has 1 fully saturated rings. The maximum absolute atomic E-state index is 11.6. The molecule has 1 saturated heterocycles. The van der Waals surface area contributed by atoms with Gasteiger partial charge >= 0.3 is 5.97 Å². The van der Waals surface area contributed by atoms with Crippen molar-refractivity contribution in [3.63, 3.8) is 0 Å². The molecule has 4 atom stereocenters. The van der Waals surface area contributed by atoms with Crippen molar-refractivity contribution >= 4 is 5.97 Å². The van der Waals surface area contributed by atoms with Gasteiger partial charge in [-0.1, -0.05) is 18.2 Å². The number of aliphatic hydroxyl groups excluding tert-OH is 2. The number of rotatable bonds is 0. The first-order valence-corrected chi connectivity index (χ1v) is 6.51.